The van der Waals surface area contributed by atoms with Gasteiger partial charge in [0.15, 0.2) is 5.78 Å². The third-order valence-corrected chi connectivity index (χ3v) is 3.53. The van der Waals surface area contributed by atoms with Crippen LogP contribution >= 0.6 is 0 Å². The Morgan fingerprint density at radius 1 is 1.39 bits per heavy atom. The first-order chi connectivity index (χ1) is 8.52. The highest BCUT2D eigenvalue weighted by Gasteiger charge is 2.44. The topological polar surface area (TPSA) is 57.6 Å². The minimum Gasteiger partial charge on any atom is -0.480 e. The highest BCUT2D eigenvalue weighted by atomic mass is 16.4. The Labute approximate surface area is 106 Å². The second-order valence-corrected chi connectivity index (χ2v) is 5.01. The van der Waals surface area contributed by atoms with Crippen LogP contribution in [0.15, 0.2) is 30.3 Å². The standard InChI is InChI=1S/C14H17NO3/c1-14(13(17)18)10-15(8-7-12(14)16)9-11-5-3-2-4-6-11/h2-6H,7-10H2,1H3,(H,17,18). The molecule has 2 rings (SSSR count). The van der Waals surface area contributed by atoms with Gasteiger partial charge in [0.1, 0.15) is 5.41 Å². The van der Waals surface area contributed by atoms with Gasteiger partial charge in [-0.2, -0.15) is 0 Å². The molecule has 1 aliphatic heterocycles. The molecule has 1 saturated heterocycles. The molecule has 0 aliphatic carbocycles. The van der Waals surface area contributed by atoms with Crippen LogP contribution in [0.1, 0.15) is 18.9 Å². The normalized spacial score (nSPS) is 25.1. The number of aliphatic carboxylic acids is 1. The van der Waals surface area contributed by atoms with Crippen LogP contribution in [0.4, 0.5) is 0 Å². The number of carboxylic acids is 1. The molecule has 1 N–H and O–H groups in total. The molecule has 0 amide bonds. The maximum atomic E-state index is 11.7. The Hall–Kier alpha value is -1.68. The number of carboxylic acid groups (broad SMARTS) is 1. The second-order valence-electron chi connectivity index (χ2n) is 5.01. The Morgan fingerprint density at radius 2 is 2.06 bits per heavy atom. The number of likely N-dealkylation sites (tertiary alicyclic amines) is 1. The summed E-state index contributed by atoms with van der Waals surface area (Å²) in [4.78, 5) is 25.0. The van der Waals surface area contributed by atoms with Gasteiger partial charge >= 0.3 is 5.97 Å². The van der Waals surface area contributed by atoms with E-state index in [9.17, 15) is 14.7 Å². The van der Waals surface area contributed by atoms with Gasteiger partial charge in [-0.05, 0) is 12.5 Å². The summed E-state index contributed by atoms with van der Waals surface area (Å²) < 4.78 is 0. The lowest BCUT2D eigenvalue weighted by Gasteiger charge is -2.36. The van der Waals surface area contributed by atoms with Crippen LogP contribution in [0.25, 0.3) is 0 Å². The summed E-state index contributed by atoms with van der Waals surface area (Å²) in [6.45, 7) is 3.14. The molecular formula is C14H17NO3. The van der Waals surface area contributed by atoms with Gasteiger partial charge < -0.3 is 5.11 Å². The van der Waals surface area contributed by atoms with E-state index >= 15 is 0 Å². The molecule has 1 aromatic rings. The van der Waals surface area contributed by atoms with Gasteiger partial charge in [-0.1, -0.05) is 30.3 Å². The summed E-state index contributed by atoms with van der Waals surface area (Å²) in [6.07, 6.45) is 0.315. The van der Waals surface area contributed by atoms with Crippen LogP contribution in [0.3, 0.4) is 0 Å². The molecule has 1 aromatic carbocycles. The smallest absolute Gasteiger partial charge is 0.318 e. The molecule has 1 aliphatic rings. The van der Waals surface area contributed by atoms with Gasteiger partial charge in [-0.3, -0.25) is 14.5 Å². The molecule has 0 radical (unpaired) electrons. The summed E-state index contributed by atoms with van der Waals surface area (Å²) in [5.74, 6) is -1.19. The molecule has 4 nitrogen and oxygen atoms in total. The van der Waals surface area contributed by atoms with Gasteiger partial charge in [-0.15, -0.1) is 0 Å². The highest BCUT2D eigenvalue weighted by molar-refractivity contribution is 6.03. The number of ketones is 1. The molecule has 0 aromatic heterocycles. The van der Waals surface area contributed by atoms with E-state index in [0.717, 1.165) is 5.56 Å². The first-order valence-corrected chi connectivity index (χ1v) is 6.05. The van der Waals surface area contributed by atoms with E-state index in [0.29, 0.717) is 19.5 Å². The lowest BCUT2D eigenvalue weighted by molar-refractivity contribution is -0.157. The first kappa shape index (κ1) is 12.8. The van der Waals surface area contributed by atoms with Crippen molar-refractivity contribution in [3.63, 3.8) is 0 Å². The Bertz CT molecular complexity index is 457. The van der Waals surface area contributed by atoms with Crippen molar-refractivity contribution in [3.8, 4) is 0 Å². The largest absolute Gasteiger partial charge is 0.480 e. The fraction of sp³-hybridized carbons (Fsp3) is 0.429. The van der Waals surface area contributed by atoms with Crippen LogP contribution in [-0.4, -0.2) is 34.8 Å². The quantitative estimate of drug-likeness (QED) is 0.823. The fourth-order valence-electron chi connectivity index (χ4n) is 2.31. The molecular weight excluding hydrogens is 230 g/mol. The number of nitrogens with zero attached hydrogens (tertiary/aromatic N) is 1. The number of carbonyl (C=O) groups excluding carboxylic acids is 1. The van der Waals surface area contributed by atoms with Crippen molar-refractivity contribution in [2.75, 3.05) is 13.1 Å². The lowest BCUT2D eigenvalue weighted by atomic mass is 9.80. The van der Waals surface area contributed by atoms with E-state index < -0.39 is 11.4 Å². The lowest BCUT2D eigenvalue weighted by Crippen LogP contribution is -2.51. The summed E-state index contributed by atoms with van der Waals surface area (Å²) in [6, 6.07) is 9.88. The molecule has 18 heavy (non-hydrogen) atoms. The van der Waals surface area contributed by atoms with Crippen molar-refractivity contribution >= 4 is 11.8 Å². The van der Waals surface area contributed by atoms with E-state index in [-0.39, 0.29) is 12.3 Å². The third-order valence-electron chi connectivity index (χ3n) is 3.53. The minimum atomic E-state index is -1.26. The molecule has 1 atom stereocenters. The first-order valence-electron chi connectivity index (χ1n) is 6.05. The zero-order valence-electron chi connectivity index (χ0n) is 10.4. The Kier molecular flexibility index (Phi) is 3.48. The minimum absolute atomic E-state index is 0.167. The summed E-state index contributed by atoms with van der Waals surface area (Å²) in [7, 11) is 0. The average Bonchev–Trinajstić information content (AvgIpc) is 2.35. The van der Waals surface area contributed by atoms with Crippen LogP contribution < -0.4 is 0 Å². The van der Waals surface area contributed by atoms with Gasteiger partial charge in [0, 0.05) is 26.1 Å². The van der Waals surface area contributed by atoms with Gasteiger partial charge in [0.2, 0.25) is 0 Å². The molecule has 1 fully saturated rings. The predicted octanol–water partition coefficient (Wildman–Crippen LogP) is 1.55. The van der Waals surface area contributed by atoms with E-state index in [1.165, 1.54) is 6.92 Å². The van der Waals surface area contributed by atoms with Crippen LogP contribution in [-0.2, 0) is 16.1 Å². The molecule has 1 heterocycles. The van der Waals surface area contributed by atoms with Crippen molar-refractivity contribution in [2.24, 2.45) is 5.41 Å². The SMILES string of the molecule is CC1(C(=O)O)CN(Cc2ccccc2)CCC1=O. The number of rotatable bonds is 3. The maximum Gasteiger partial charge on any atom is 0.318 e. The van der Waals surface area contributed by atoms with E-state index in [4.69, 9.17) is 0 Å². The maximum absolute atomic E-state index is 11.7. The Balaban J connectivity index is 2.09. The van der Waals surface area contributed by atoms with E-state index in [1.807, 2.05) is 35.2 Å². The van der Waals surface area contributed by atoms with Gasteiger partial charge in [-0.25, -0.2) is 0 Å². The predicted molar refractivity (Wildman–Crippen MR) is 67.1 cm³/mol. The van der Waals surface area contributed by atoms with Crippen molar-refractivity contribution in [2.45, 2.75) is 19.9 Å². The number of hydrogen-bond acceptors (Lipinski definition) is 3. The summed E-state index contributed by atoms with van der Waals surface area (Å²) in [5, 5.41) is 9.20. The summed E-state index contributed by atoms with van der Waals surface area (Å²) >= 11 is 0. The second kappa shape index (κ2) is 4.90. The highest BCUT2D eigenvalue weighted by Crippen LogP contribution is 2.27. The van der Waals surface area contributed by atoms with Crippen molar-refractivity contribution < 1.29 is 14.7 Å². The number of Topliss-reactive ketones (excluding diaryl/α,β-unsaturated/α-hetero) is 1. The fourth-order valence-corrected chi connectivity index (χ4v) is 2.31. The zero-order chi connectivity index (χ0) is 13.2. The monoisotopic (exact) mass is 247 g/mol. The van der Waals surface area contributed by atoms with Crippen molar-refractivity contribution in [1.29, 1.82) is 0 Å². The number of hydrogen-bond donors (Lipinski definition) is 1. The molecule has 0 spiro atoms. The van der Waals surface area contributed by atoms with Crippen LogP contribution in [0.2, 0.25) is 0 Å². The third kappa shape index (κ3) is 2.43. The van der Waals surface area contributed by atoms with Crippen LogP contribution in [0.5, 0.6) is 0 Å². The van der Waals surface area contributed by atoms with Crippen LogP contribution in [0, 0.1) is 5.41 Å². The summed E-state index contributed by atoms with van der Waals surface area (Å²) in [5.41, 5.74) is -0.118. The van der Waals surface area contributed by atoms with Gasteiger partial charge in [0.05, 0.1) is 0 Å². The van der Waals surface area contributed by atoms with E-state index in [1.54, 1.807) is 0 Å². The number of piperidine rings is 1. The average molecular weight is 247 g/mol. The van der Waals surface area contributed by atoms with Gasteiger partial charge in [0.25, 0.3) is 0 Å². The van der Waals surface area contributed by atoms with E-state index in [2.05, 4.69) is 0 Å². The zero-order valence-corrected chi connectivity index (χ0v) is 10.4. The molecule has 1 unspecified atom stereocenters. The molecule has 0 saturated carbocycles. The molecule has 4 heteroatoms. The molecule has 96 valence electrons. The molecule has 0 bridgehead atoms. The number of carbonyl (C=O) groups is 2. The van der Waals surface area contributed by atoms with Crippen molar-refractivity contribution in [3.05, 3.63) is 35.9 Å². The van der Waals surface area contributed by atoms with Crippen molar-refractivity contribution in [1.82, 2.24) is 4.90 Å². The Morgan fingerprint density at radius 3 is 2.67 bits per heavy atom. The number of benzene rings is 1.